The number of rotatable bonds is 2. The van der Waals surface area contributed by atoms with Gasteiger partial charge in [-0.2, -0.15) is 5.26 Å². The Kier molecular flexibility index (Phi) is 3.56. The van der Waals surface area contributed by atoms with Crippen molar-refractivity contribution in [1.29, 1.82) is 5.26 Å². The van der Waals surface area contributed by atoms with Crippen molar-refractivity contribution in [3.05, 3.63) is 35.4 Å². The molecule has 0 aromatic heterocycles. The molecule has 1 aromatic carbocycles. The van der Waals surface area contributed by atoms with E-state index in [4.69, 9.17) is 0 Å². The topological polar surface area (TPSA) is 44.0 Å². The van der Waals surface area contributed by atoms with E-state index in [1.807, 2.05) is 18.2 Å². The first-order valence-corrected chi connectivity index (χ1v) is 7.85. The van der Waals surface area contributed by atoms with E-state index in [1.54, 1.807) is 0 Å². The fourth-order valence-corrected chi connectivity index (χ4v) is 4.30. The van der Waals surface area contributed by atoms with Gasteiger partial charge in [0, 0.05) is 0 Å². The minimum Gasteiger partial charge on any atom is -0.391 e. The average Bonchev–Trinajstić information content (AvgIpc) is 2.86. The van der Waals surface area contributed by atoms with Gasteiger partial charge < -0.3 is 5.11 Å². The molecule has 2 heteroatoms. The molecule has 2 nitrogen and oxygen atoms in total. The lowest BCUT2D eigenvalue weighted by molar-refractivity contribution is 0.0256. The molecule has 4 unspecified atom stereocenters. The Morgan fingerprint density at radius 1 is 1.35 bits per heavy atom. The average molecular weight is 269 g/mol. The van der Waals surface area contributed by atoms with Crippen LogP contribution in [0.2, 0.25) is 0 Å². The van der Waals surface area contributed by atoms with Crippen LogP contribution in [-0.4, -0.2) is 11.2 Å². The molecule has 0 bridgehead atoms. The Hall–Kier alpha value is -1.33. The third-order valence-corrected chi connectivity index (χ3v) is 5.41. The van der Waals surface area contributed by atoms with Gasteiger partial charge in [0.1, 0.15) is 5.41 Å². The maximum absolute atomic E-state index is 11.0. The summed E-state index contributed by atoms with van der Waals surface area (Å²) in [5, 5.41) is 20.8. The highest BCUT2D eigenvalue weighted by Crippen LogP contribution is 2.46. The molecule has 4 atom stereocenters. The highest BCUT2D eigenvalue weighted by Gasteiger charge is 2.48. The Bertz CT molecular complexity index is 532. The van der Waals surface area contributed by atoms with E-state index in [0.717, 1.165) is 31.2 Å². The summed E-state index contributed by atoms with van der Waals surface area (Å²) in [5.74, 6) is 0.959. The van der Waals surface area contributed by atoms with Crippen molar-refractivity contribution in [1.82, 2.24) is 0 Å². The molecule has 1 N–H and O–H groups in total. The van der Waals surface area contributed by atoms with E-state index >= 15 is 0 Å². The first-order valence-electron chi connectivity index (χ1n) is 7.85. The largest absolute Gasteiger partial charge is 0.391 e. The predicted octanol–water partition coefficient (Wildman–Crippen LogP) is 3.58. The number of aliphatic hydroxyl groups is 1. The zero-order chi connectivity index (χ0) is 14.2. The summed E-state index contributed by atoms with van der Waals surface area (Å²) in [4.78, 5) is 0. The quantitative estimate of drug-likeness (QED) is 0.891. The summed E-state index contributed by atoms with van der Waals surface area (Å²) in [6, 6.07) is 10.7. The van der Waals surface area contributed by atoms with Crippen LogP contribution in [0.1, 0.15) is 50.2 Å². The van der Waals surface area contributed by atoms with Gasteiger partial charge >= 0.3 is 0 Å². The summed E-state index contributed by atoms with van der Waals surface area (Å²) in [7, 11) is 0. The van der Waals surface area contributed by atoms with Gasteiger partial charge in [-0.25, -0.2) is 0 Å². The van der Waals surface area contributed by atoms with Crippen molar-refractivity contribution in [3.8, 4) is 6.07 Å². The van der Waals surface area contributed by atoms with Crippen molar-refractivity contribution in [2.45, 2.75) is 57.0 Å². The molecule has 1 saturated carbocycles. The van der Waals surface area contributed by atoms with Crippen LogP contribution in [0.25, 0.3) is 0 Å². The molecule has 2 aliphatic carbocycles. The number of hydrogen-bond donors (Lipinski definition) is 1. The molecule has 3 rings (SSSR count). The maximum atomic E-state index is 11.0. The van der Waals surface area contributed by atoms with Gasteiger partial charge in [0.05, 0.1) is 12.2 Å². The lowest BCUT2D eigenvalue weighted by Gasteiger charge is -2.38. The summed E-state index contributed by atoms with van der Waals surface area (Å²) >= 11 is 0. The number of aryl methyl sites for hydroxylation is 1. The number of nitrogens with zero attached hydrogens (tertiary/aromatic N) is 1. The number of fused-ring (bicyclic) bond motifs is 1. The number of aliphatic hydroxyl groups excluding tert-OH is 1. The summed E-state index contributed by atoms with van der Waals surface area (Å²) in [6.07, 6.45) is 5.76. The van der Waals surface area contributed by atoms with E-state index in [0.29, 0.717) is 5.92 Å². The zero-order valence-corrected chi connectivity index (χ0v) is 12.2. The monoisotopic (exact) mass is 269 g/mol. The van der Waals surface area contributed by atoms with E-state index in [-0.39, 0.29) is 5.92 Å². The van der Waals surface area contributed by atoms with Gasteiger partial charge in [-0.05, 0) is 48.6 Å². The second-order valence-corrected chi connectivity index (χ2v) is 6.72. The highest BCUT2D eigenvalue weighted by molar-refractivity contribution is 5.45. The number of benzene rings is 1. The van der Waals surface area contributed by atoms with Gasteiger partial charge in [0.25, 0.3) is 0 Å². The van der Waals surface area contributed by atoms with Crippen LogP contribution in [0, 0.1) is 23.2 Å². The number of nitriles is 1. The van der Waals surface area contributed by atoms with E-state index in [9.17, 15) is 10.4 Å². The van der Waals surface area contributed by atoms with Gasteiger partial charge in [0.15, 0.2) is 0 Å². The third kappa shape index (κ3) is 2.05. The van der Waals surface area contributed by atoms with E-state index in [2.05, 4.69) is 19.1 Å². The van der Waals surface area contributed by atoms with Gasteiger partial charge in [-0.1, -0.05) is 44.0 Å². The molecule has 2 aliphatic rings. The predicted molar refractivity (Wildman–Crippen MR) is 79.2 cm³/mol. The minimum absolute atomic E-state index is 0.282. The standard InChI is InChI=1S/C18H23NO/c1-13-5-4-7-15(11-13)17(20)18(12-19)10-9-14-6-2-3-8-16(14)18/h2-3,6,8,13,15,17,20H,4-5,7,9-11H2,1H3. The van der Waals surface area contributed by atoms with Gasteiger partial charge in [-0.3, -0.25) is 0 Å². The van der Waals surface area contributed by atoms with Crippen molar-refractivity contribution in [2.24, 2.45) is 11.8 Å². The Morgan fingerprint density at radius 2 is 2.15 bits per heavy atom. The van der Waals surface area contributed by atoms with E-state index < -0.39 is 11.5 Å². The number of hydrogen-bond acceptors (Lipinski definition) is 2. The molecule has 0 amide bonds. The molecular formula is C18H23NO. The normalized spacial score (nSPS) is 34.2. The Morgan fingerprint density at radius 3 is 2.90 bits per heavy atom. The van der Waals surface area contributed by atoms with Crippen LogP contribution in [-0.2, 0) is 11.8 Å². The van der Waals surface area contributed by atoms with Crippen LogP contribution in [0.4, 0.5) is 0 Å². The summed E-state index contributed by atoms with van der Waals surface area (Å²) < 4.78 is 0. The summed E-state index contributed by atoms with van der Waals surface area (Å²) in [5.41, 5.74) is 1.66. The third-order valence-electron chi connectivity index (χ3n) is 5.41. The second-order valence-electron chi connectivity index (χ2n) is 6.72. The molecule has 0 aliphatic heterocycles. The first kappa shape index (κ1) is 13.6. The Labute approximate surface area is 121 Å². The molecule has 1 aromatic rings. The fourth-order valence-electron chi connectivity index (χ4n) is 4.30. The zero-order valence-electron chi connectivity index (χ0n) is 12.2. The van der Waals surface area contributed by atoms with Crippen molar-refractivity contribution in [3.63, 3.8) is 0 Å². The minimum atomic E-state index is -0.668. The lowest BCUT2D eigenvalue weighted by Crippen LogP contribution is -2.43. The highest BCUT2D eigenvalue weighted by atomic mass is 16.3. The van der Waals surface area contributed by atoms with Crippen LogP contribution in [0.3, 0.4) is 0 Å². The summed E-state index contributed by atoms with van der Waals surface area (Å²) in [6.45, 7) is 2.26. The van der Waals surface area contributed by atoms with E-state index in [1.165, 1.54) is 18.4 Å². The molecule has 1 fully saturated rings. The van der Waals surface area contributed by atoms with Gasteiger partial charge in [0.2, 0.25) is 0 Å². The lowest BCUT2D eigenvalue weighted by atomic mass is 9.68. The molecule has 0 heterocycles. The maximum Gasteiger partial charge on any atom is 0.109 e. The van der Waals surface area contributed by atoms with Crippen LogP contribution in [0.15, 0.2) is 24.3 Å². The SMILES string of the molecule is CC1CCCC(C(O)C2(C#N)CCc3ccccc32)C1. The van der Waals surface area contributed by atoms with Crippen molar-refractivity contribution >= 4 is 0 Å². The Balaban J connectivity index is 1.93. The molecule has 0 saturated heterocycles. The molecular weight excluding hydrogens is 246 g/mol. The molecule has 20 heavy (non-hydrogen) atoms. The fraction of sp³-hybridized carbons (Fsp3) is 0.611. The molecule has 106 valence electrons. The van der Waals surface area contributed by atoms with Crippen LogP contribution >= 0.6 is 0 Å². The molecule has 0 radical (unpaired) electrons. The van der Waals surface area contributed by atoms with Gasteiger partial charge in [-0.15, -0.1) is 0 Å². The smallest absolute Gasteiger partial charge is 0.109 e. The van der Waals surface area contributed by atoms with Crippen molar-refractivity contribution in [2.75, 3.05) is 0 Å². The molecule has 0 spiro atoms. The van der Waals surface area contributed by atoms with Crippen LogP contribution in [0.5, 0.6) is 0 Å². The second kappa shape index (κ2) is 5.22. The van der Waals surface area contributed by atoms with Crippen LogP contribution < -0.4 is 0 Å². The van der Waals surface area contributed by atoms with Crippen molar-refractivity contribution < 1.29 is 5.11 Å². The first-order chi connectivity index (χ1) is 9.67.